The summed E-state index contributed by atoms with van der Waals surface area (Å²) < 4.78 is 2.39. The van der Waals surface area contributed by atoms with Crippen LogP contribution in [-0.4, -0.2) is 0 Å². The maximum absolute atomic E-state index is 3.86. The van der Waals surface area contributed by atoms with Crippen LogP contribution in [0.4, 0.5) is 0 Å². The van der Waals surface area contributed by atoms with E-state index in [1.54, 1.807) is 11.1 Å². The predicted molar refractivity (Wildman–Crippen MR) is 172 cm³/mol. The molecule has 38 heavy (non-hydrogen) atoms. The molecule has 3 aromatic rings. The number of fused-ring (bicyclic) bond motifs is 6. The molecular weight excluding hydrogens is 592 g/mol. The summed E-state index contributed by atoms with van der Waals surface area (Å²) in [6.45, 7) is 9.45. The summed E-state index contributed by atoms with van der Waals surface area (Å²) in [6.07, 6.45) is 15.9. The van der Waals surface area contributed by atoms with Gasteiger partial charge in [0.1, 0.15) is 0 Å². The van der Waals surface area contributed by atoms with Crippen molar-refractivity contribution in [2.45, 2.75) is 116 Å². The molecule has 0 radical (unpaired) electrons. The average Bonchev–Trinajstić information content (AvgIpc) is 3.28. The topological polar surface area (TPSA) is 0 Å². The zero-order valence-corrected chi connectivity index (χ0v) is 27.0. The fourth-order valence-electron chi connectivity index (χ4n) is 7.39. The minimum Gasteiger partial charge on any atom is -0.0654 e. The molecule has 0 aromatic heterocycles. The fraction of sp³-hybridized carbons (Fsp3) is 0.500. The molecule has 0 N–H and O–H groups in total. The first-order chi connectivity index (χ1) is 18.3. The smallest absolute Gasteiger partial charge is 0.0215 e. The first-order valence-corrected chi connectivity index (χ1v) is 16.7. The second kappa shape index (κ2) is 11.6. The molecule has 0 nitrogen and oxygen atoms in total. The van der Waals surface area contributed by atoms with Crippen LogP contribution in [0.5, 0.6) is 0 Å². The Labute approximate surface area is 248 Å². The Morgan fingerprint density at radius 3 is 1.55 bits per heavy atom. The van der Waals surface area contributed by atoms with Gasteiger partial charge >= 0.3 is 0 Å². The number of halogens is 2. The lowest BCUT2D eigenvalue weighted by Crippen LogP contribution is -2.26. The third-order valence-electron chi connectivity index (χ3n) is 9.49. The third-order valence-corrected chi connectivity index (χ3v) is 10.5. The minimum atomic E-state index is 0.00462. The molecule has 0 fully saturated rings. The van der Waals surface area contributed by atoms with Crippen LogP contribution in [0.15, 0.2) is 57.5 Å². The van der Waals surface area contributed by atoms with E-state index >= 15 is 0 Å². The lowest BCUT2D eigenvalue weighted by Gasteiger charge is -2.33. The van der Waals surface area contributed by atoms with Gasteiger partial charge < -0.3 is 0 Å². The molecular formula is C36H44Br2. The van der Waals surface area contributed by atoms with Crippen molar-refractivity contribution in [3.63, 3.8) is 0 Å². The zero-order valence-electron chi connectivity index (χ0n) is 23.9. The maximum Gasteiger partial charge on any atom is 0.0215 e. The summed E-state index contributed by atoms with van der Waals surface area (Å²) in [5.41, 5.74) is 12.1. The Balaban J connectivity index is 1.63. The van der Waals surface area contributed by atoms with Crippen molar-refractivity contribution in [2.24, 2.45) is 0 Å². The number of hydrogen-bond acceptors (Lipinski definition) is 0. The van der Waals surface area contributed by atoms with Crippen molar-refractivity contribution in [2.75, 3.05) is 0 Å². The number of benzene rings is 3. The summed E-state index contributed by atoms with van der Waals surface area (Å²) in [5.74, 6) is 0. The second-order valence-electron chi connectivity index (χ2n) is 12.4. The van der Waals surface area contributed by atoms with Crippen molar-refractivity contribution < 1.29 is 0 Å². The van der Waals surface area contributed by atoms with Gasteiger partial charge in [-0.1, -0.05) is 136 Å². The normalized spacial score (nSPS) is 18.3. The van der Waals surface area contributed by atoms with E-state index in [1.165, 1.54) is 119 Å². The van der Waals surface area contributed by atoms with Crippen molar-refractivity contribution in [3.8, 4) is 22.3 Å². The first kappa shape index (κ1) is 28.2. The second-order valence-corrected chi connectivity index (χ2v) is 14.2. The molecule has 0 saturated heterocycles. The van der Waals surface area contributed by atoms with E-state index in [0.717, 1.165) is 0 Å². The molecule has 0 amide bonds. The van der Waals surface area contributed by atoms with Crippen LogP contribution in [0.1, 0.15) is 127 Å². The van der Waals surface area contributed by atoms with Crippen LogP contribution >= 0.6 is 31.9 Å². The van der Waals surface area contributed by atoms with E-state index in [0.29, 0.717) is 0 Å². The van der Waals surface area contributed by atoms with E-state index in [1.807, 2.05) is 0 Å². The standard InChI is InChI=1S/C36H44Br2/c1-5-7-9-11-12-14-20-36(19-13-10-8-6-2)33-22-26(38)16-18-28(33)30-23-32-29(24-34(30)36)27-17-15-25(37)21-31(27)35(32,3)4/h15-18,21-24H,5-14,19-20H2,1-4H3. The van der Waals surface area contributed by atoms with E-state index in [4.69, 9.17) is 0 Å². The molecule has 1 unspecified atom stereocenters. The molecule has 3 aromatic carbocycles. The van der Waals surface area contributed by atoms with Gasteiger partial charge in [0.25, 0.3) is 0 Å². The van der Waals surface area contributed by atoms with Gasteiger partial charge in [0.15, 0.2) is 0 Å². The Bertz CT molecular complexity index is 1300. The summed E-state index contributed by atoms with van der Waals surface area (Å²) in [7, 11) is 0. The van der Waals surface area contributed by atoms with E-state index < -0.39 is 0 Å². The van der Waals surface area contributed by atoms with Crippen LogP contribution in [0.2, 0.25) is 0 Å². The summed E-state index contributed by atoms with van der Waals surface area (Å²) in [6, 6.07) is 19.2. The Morgan fingerprint density at radius 2 is 0.921 bits per heavy atom. The molecule has 5 rings (SSSR count). The molecule has 2 heteroatoms. The van der Waals surface area contributed by atoms with Crippen molar-refractivity contribution in [3.05, 3.63) is 79.7 Å². The number of rotatable bonds is 12. The van der Waals surface area contributed by atoms with Crippen LogP contribution in [0, 0.1) is 0 Å². The van der Waals surface area contributed by atoms with Gasteiger partial charge in [-0.25, -0.2) is 0 Å². The largest absolute Gasteiger partial charge is 0.0654 e. The Hall–Kier alpha value is -1.38. The Morgan fingerprint density at radius 1 is 0.500 bits per heavy atom. The molecule has 0 bridgehead atoms. The van der Waals surface area contributed by atoms with Crippen LogP contribution in [-0.2, 0) is 10.8 Å². The molecule has 2 aliphatic rings. The third kappa shape index (κ3) is 4.98. The van der Waals surface area contributed by atoms with E-state index in [-0.39, 0.29) is 10.8 Å². The molecule has 0 spiro atoms. The van der Waals surface area contributed by atoms with Crippen LogP contribution in [0.3, 0.4) is 0 Å². The van der Waals surface area contributed by atoms with Gasteiger partial charge in [-0.2, -0.15) is 0 Å². The number of hydrogen-bond donors (Lipinski definition) is 0. The maximum atomic E-state index is 3.86. The molecule has 0 aliphatic heterocycles. The summed E-state index contributed by atoms with van der Waals surface area (Å²) in [5, 5.41) is 0. The van der Waals surface area contributed by atoms with E-state index in [9.17, 15) is 0 Å². The van der Waals surface area contributed by atoms with Crippen molar-refractivity contribution in [1.29, 1.82) is 0 Å². The molecule has 0 heterocycles. The Kier molecular flexibility index (Phi) is 8.61. The quantitative estimate of drug-likeness (QED) is 0.174. The van der Waals surface area contributed by atoms with Gasteiger partial charge in [-0.05, 0) is 93.7 Å². The fourth-order valence-corrected chi connectivity index (χ4v) is 8.11. The molecule has 2 aliphatic carbocycles. The van der Waals surface area contributed by atoms with Crippen molar-refractivity contribution in [1.82, 2.24) is 0 Å². The minimum absolute atomic E-state index is 0.00462. The number of unbranched alkanes of at least 4 members (excludes halogenated alkanes) is 8. The highest BCUT2D eigenvalue weighted by atomic mass is 79.9. The molecule has 0 saturated carbocycles. The molecule has 202 valence electrons. The van der Waals surface area contributed by atoms with Gasteiger partial charge in [0.05, 0.1) is 0 Å². The summed E-state index contributed by atoms with van der Waals surface area (Å²) >= 11 is 7.61. The summed E-state index contributed by atoms with van der Waals surface area (Å²) in [4.78, 5) is 0. The predicted octanol–water partition coefficient (Wildman–Crippen LogP) is 12.5. The zero-order chi connectivity index (χ0) is 26.9. The SMILES string of the molecule is CCCCCCCCC1(CCCCCC)c2cc(Br)ccc2-c2cc3c(cc21)-c1ccc(Br)cc1C3(C)C. The highest BCUT2D eigenvalue weighted by molar-refractivity contribution is 9.10. The lowest BCUT2D eigenvalue weighted by molar-refractivity contribution is 0.399. The van der Waals surface area contributed by atoms with Crippen molar-refractivity contribution >= 4 is 31.9 Å². The van der Waals surface area contributed by atoms with E-state index in [2.05, 4.69) is 108 Å². The highest BCUT2D eigenvalue weighted by Gasteiger charge is 2.45. The van der Waals surface area contributed by atoms with Gasteiger partial charge in [-0.15, -0.1) is 0 Å². The van der Waals surface area contributed by atoms with Gasteiger partial charge in [0, 0.05) is 19.8 Å². The van der Waals surface area contributed by atoms with Gasteiger partial charge in [-0.3, -0.25) is 0 Å². The first-order valence-electron chi connectivity index (χ1n) is 15.1. The lowest BCUT2D eigenvalue weighted by atomic mass is 9.70. The molecule has 1 atom stereocenters. The highest BCUT2D eigenvalue weighted by Crippen LogP contribution is 2.59. The average molecular weight is 637 g/mol. The van der Waals surface area contributed by atoms with Crippen LogP contribution in [0.25, 0.3) is 22.3 Å². The van der Waals surface area contributed by atoms with Gasteiger partial charge in [0.2, 0.25) is 0 Å². The van der Waals surface area contributed by atoms with Crippen LogP contribution < -0.4 is 0 Å². The monoisotopic (exact) mass is 634 g/mol.